The second-order valence-corrected chi connectivity index (χ2v) is 4.39. The lowest BCUT2D eigenvalue weighted by Crippen LogP contribution is -2.12. The Morgan fingerprint density at radius 2 is 1.77 bits per heavy atom. The van der Waals surface area contributed by atoms with Crippen molar-refractivity contribution < 1.29 is 18.3 Å². The van der Waals surface area contributed by atoms with Crippen LogP contribution in [0.25, 0.3) is 0 Å². The highest BCUT2D eigenvalue weighted by atomic mass is 19.3. The van der Waals surface area contributed by atoms with Gasteiger partial charge in [0, 0.05) is 11.3 Å². The van der Waals surface area contributed by atoms with Crippen LogP contribution in [0.15, 0.2) is 48.5 Å². The molecule has 22 heavy (non-hydrogen) atoms. The second kappa shape index (κ2) is 7.18. The van der Waals surface area contributed by atoms with Gasteiger partial charge in [-0.2, -0.15) is 14.0 Å². The average molecular weight is 302 g/mol. The quantitative estimate of drug-likeness (QED) is 0.917. The molecule has 0 unspecified atom stereocenters. The Kier molecular flexibility index (Phi) is 5.04. The summed E-state index contributed by atoms with van der Waals surface area (Å²) in [6.45, 7) is -2.90. The molecule has 0 heterocycles. The lowest BCUT2D eigenvalue weighted by molar-refractivity contribution is -0.0498. The Bertz CT molecular complexity index is 677. The molecule has 1 N–H and O–H groups in total. The van der Waals surface area contributed by atoms with Crippen LogP contribution >= 0.6 is 0 Å². The predicted octanol–water partition coefficient (Wildman–Crippen LogP) is 3.61. The summed E-state index contributed by atoms with van der Waals surface area (Å²) >= 11 is 0. The maximum atomic E-state index is 12.0. The highest BCUT2D eigenvalue weighted by Crippen LogP contribution is 2.16. The first kappa shape index (κ1) is 15.4. The number of benzene rings is 2. The molecule has 0 aliphatic carbocycles. The summed E-state index contributed by atoms with van der Waals surface area (Å²) in [6.07, 6.45) is 0.305. The molecule has 0 saturated carbocycles. The van der Waals surface area contributed by atoms with Gasteiger partial charge in [-0.1, -0.05) is 12.1 Å². The number of alkyl halides is 2. The molecule has 0 atom stereocenters. The topological polar surface area (TPSA) is 62.1 Å². The fourth-order valence-electron chi connectivity index (χ4n) is 1.79. The number of ether oxygens (including phenoxy) is 1. The number of carbonyl (C=O) groups is 1. The number of rotatable bonds is 5. The molecule has 0 radical (unpaired) electrons. The summed E-state index contributed by atoms with van der Waals surface area (Å²) in [5.41, 5.74) is 1.76. The molecular weight excluding hydrogens is 290 g/mol. The molecule has 2 aromatic carbocycles. The molecular formula is C16H12F2N2O2. The lowest BCUT2D eigenvalue weighted by atomic mass is 10.1. The first-order valence-electron chi connectivity index (χ1n) is 6.40. The van der Waals surface area contributed by atoms with E-state index in [9.17, 15) is 13.6 Å². The van der Waals surface area contributed by atoms with Crippen LogP contribution in [0.5, 0.6) is 5.75 Å². The molecule has 0 aliphatic heterocycles. The summed E-state index contributed by atoms with van der Waals surface area (Å²) in [4.78, 5) is 12.0. The number of anilines is 1. The second-order valence-electron chi connectivity index (χ2n) is 4.39. The third-order valence-corrected chi connectivity index (χ3v) is 2.84. The third-order valence-electron chi connectivity index (χ3n) is 2.84. The van der Waals surface area contributed by atoms with Crippen molar-refractivity contribution in [2.24, 2.45) is 0 Å². The van der Waals surface area contributed by atoms with Crippen molar-refractivity contribution in [3.05, 3.63) is 59.7 Å². The maximum absolute atomic E-state index is 12.0. The largest absolute Gasteiger partial charge is 0.435 e. The summed E-state index contributed by atoms with van der Waals surface area (Å²) in [5, 5.41) is 11.3. The van der Waals surface area contributed by atoms with Crippen LogP contribution in [0.2, 0.25) is 0 Å². The van der Waals surface area contributed by atoms with Gasteiger partial charge < -0.3 is 10.1 Å². The van der Waals surface area contributed by atoms with Gasteiger partial charge in [0.25, 0.3) is 5.91 Å². The molecule has 112 valence electrons. The van der Waals surface area contributed by atoms with Crippen LogP contribution in [0.4, 0.5) is 14.5 Å². The van der Waals surface area contributed by atoms with Crippen LogP contribution in [0, 0.1) is 11.3 Å². The highest BCUT2D eigenvalue weighted by Gasteiger charge is 2.08. The zero-order chi connectivity index (χ0) is 15.9. The van der Waals surface area contributed by atoms with E-state index in [0.29, 0.717) is 17.7 Å². The van der Waals surface area contributed by atoms with Crippen molar-refractivity contribution in [3.8, 4) is 11.8 Å². The van der Waals surface area contributed by atoms with Crippen molar-refractivity contribution in [2.45, 2.75) is 13.0 Å². The van der Waals surface area contributed by atoms with Gasteiger partial charge in [-0.15, -0.1) is 0 Å². The normalized spacial score (nSPS) is 10.1. The van der Waals surface area contributed by atoms with Gasteiger partial charge in [0.1, 0.15) is 5.75 Å². The molecule has 2 rings (SSSR count). The minimum atomic E-state index is -2.90. The summed E-state index contributed by atoms with van der Waals surface area (Å²) < 4.78 is 28.3. The van der Waals surface area contributed by atoms with Crippen molar-refractivity contribution in [1.82, 2.24) is 0 Å². The van der Waals surface area contributed by atoms with E-state index in [4.69, 9.17) is 5.26 Å². The summed E-state index contributed by atoms with van der Waals surface area (Å²) in [5.74, 6) is -0.371. The zero-order valence-electron chi connectivity index (χ0n) is 11.4. The van der Waals surface area contributed by atoms with Gasteiger partial charge in [-0.3, -0.25) is 4.79 Å². The number of nitriles is 1. The van der Waals surface area contributed by atoms with Crippen molar-refractivity contribution >= 4 is 11.6 Å². The molecule has 0 aromatic heterocycles. The first-order valence-corrected chi connectivity index (χ1v) is 6.40. The Labute approximate surface area is 125 Å². The zero-order valence-corrected chi connectivity index (χ0v) is 11.4. The number of amides is 1. The van der Waals surface area contributed by atoms with E-state index in [1.165, 1.54) is 24.3 Å². The van der Waals surface area contributed by atoms with Crippen LogP contribution in [0.3, 0.4) is 0 Å². The van der Waals surface area contributed by atoms with E-state index in [0.717, 1.165) is 5.56 Å². The molecule has 1 amide bonds. The molecule has 0 spiro atoms. The monoisotopic (exact) mass is 302 g/mol. The van der Waals surface area contributed by atoms with Gasteiger partial charge in [0.05, 0.1) is 12.5 Å². The number of nitrogens with one attached hydrogen (secondary N) is 1. The molecule has 0 fully saturated rings. The standard InChI is InChI=1S/C16H12F2N2O2/c17-16(18)22-14-7-3-12(4-8-14)15(21)20-13-5-1-11(2-6-13)9-10-19/h1-8,16H,9H2,(H,20,21). The Morgan fingerprint density at radius 1 is 1.14 bits per heavy atom. The minimum absolute atomic E-state index is 0.00703. The molecule has 0 bridgehead atoms. The van der Waals surface area contributed by atoms with Crippen molar-refractivity contribution in [1.29, 1.82) is 5.26 Å². The summed E-state index contributed by atoms with van der Waals surface area (Å²) in [6, 6.07) is 14.3. The molecule has 2 aromatic rings. The van der Waals surface area contributed by atoms with E-state index in [1.54, 1.807) is 24.3 Å². The van der Waals surface area contributed by atoms with E-state index in [1.807, 2.05) is 6.07 Å². The highest BCUT2D eigenvalue weighted by molar-refractivity contribution is 6.04. The molecule has 0 saturated heterocycles. The maximum Gasteiger partial charge on any atom is 0.387 e. The number of hydrogen-bond donors (Lipinski definition) is 1. The van der Waals surface area contributed by atoms with Crippen LogP contribution in [-0.4, -0.2) is 12.5 Å². The smallest absolute Gasteiger partial charge is 0.387 e. The SMILES string of the molecule is N#CCc1ccc(NC(=O)c2ccc(OC(F)F)cc2)cc1. The van der Waals surface area contributed by atoms with E-state index in [-0.39, 0.29) is 11.7 Å². The summed E-state index contributed by atoms with van der Waals surface area (Å²) in [7, 11) is 0. The van der Waals surface area contributed by atoms with Crippen LogP contribution < -0.4 is 10.1 Å². The molecule has 4 nitrogen and oxygen atoms in total. The Morgan fingerprint density at radius 3 is 2.32 bits per heavy atom. The van der Waals surface area contributed by atoms with Gasteiger partial charge >= 0.3 is 6.61 Å². The third kappa shape index (κ3) is 4.28. The van der Waals surface area contributed by atoms with E-state index < -0.39 is 6.61 Å². The Balaban J connectivity index is 2.01. The number of hydrogen-bond acceptors (Lipinski definition) is 3. The fraction of sp³-hybridized carbons (Fsp3) is 0.125. The molecule has 0 aliphatic rings. The first-order chi connectivity index (χ1) is 10.6. The van der Waals surface area contributed by atoms with Crippen molar-refractivity contribution in [2.75, 3.05) is 5.32 Å². The van der Waals surface area contributed by atoms with Crippen LogP contribution in [-0.2, 0) is 6.42 Å². The number of nitrogens with zero attached hydrogens (tertiary/aromatic N) is 1. The average Bonchev–Trinajstić information content (AvgIpc) is 2.49. The van der Waals surface area contributed by atoms with Gasteiger partial charge in [-0.25, -0.2) is 0 Å². The van der Waals surface area contributed by atoms with Crippen LogP contribution in [0.1, 0.15) is 15.9 Å². The van der Waals surface area contributed by atoms with Gasteiger partial charge in [0.2, 0.25) is 0 Å². The predicted molar refractivity (Wildman–Crippen MR) is 76.8 cm³/mol. The van der Waals surface area contributed by atoms with E-state index in [2.05, 4.69) is 10.1 Å². The van der Waals surface area contributed by atoms with E-state index >= 15 is 0 Å². The minimum Gasteiger partial charge on any atom is -0.435 e. The van der Waals surface area contributed by atoms with Gasteiger partial charge in [-0.05, 0) is 42.0 Å². The van der Waals surface area contributed by atoms with Gasteiger partial charge in [0.15, 0.2) is 0 Å². The Hall–Kier alpha value is -2.94. The molecule has 6 heteroatoms. The number of carbonyl (C=O) groups excluding carboxylic acids is 1. The van der Waals surface area contributed by atoms with Crippen molar-refractivity contribution in [3.63, 3.8) is 0 Å². The fourth-order valence-corrected chi connectivity index (χ4v) is 1.79. The lowest BCUT2D eigenvalue weighted by Gasteiger charge is -2.07. The number of halogens is 2.